The van der Waals surface area contributed by atoms with Crippen LogP contribution in [0.25, 0.3) is 0 Å². The van der Waals surface area contributed by atoms with E-state index in [-0.39, 0.29) is 17.8 Å². The van der Waals surface area contributed by atoms with Crippen LogP contribution in [0.3, 0.4) is 0 Å². The number of hydrogen-bond acceptors (Lipinski definition) is 8. The predicted octanol–water partition coefficient (Wildman–Crippen LogP) is 4.75. The number of nitrogens with zero attached hydrogens (tertiary/aromatic N) is 4. The lowest BCUT2D eigenvalue weighted by Gasteiger charge is -2.17. The molecule has 4 rings (SSSR count). The number of methoxy groups -OCH3 is 1. The first kappa shape index (κ1) is 24.1. The van der Waals surface area contributed by atoms with Crippen molar-refractivity contribution < 1.29 is 14.3 Å². The van der Waals surface area contributed by atoms with E-state index in [9.17, 15) is 10.1 Å². The zero-order chi connectivity index (χ0) is 24.2. The average Bonchev–Trinajstić information content (AvgIpc) is 3.36. The van der Waals surface area contributed by atoms with E-state index in [1.54, 1.807) is 7.11 Å². The average molecular weight is 498 g/mol. The Kier molecular flexibility index (Phi) is 7.44. The number of aromatic nitrogens is 3. The van der Waals surface area contributed by atoms with Crippen LogP contribution in [0.2, 0.25) is 0 Å². The molecule has 0 bridgehead atoms. The Hall–Kier alpha value is -3.03. The summed E-state index contributed by atoms with van der Waals surface area (Å²) in [4.78, 5) is 13.9. The first-order valence-electron chi connectivity index (χ1n) is 11.1. The lowest BCUT2D eigenvalue weighted by atomic mass is 9.89. The van der Waals surface area contributed by atoms with Crippen molar-refractivity contribution in [2.75, 3.05) is 18.2 Å². The Morgan fingerprint density at radius 2 is 2.09 bits per heavy atom. The Balaban J connectivity index is 1.36. The molecule has 0 saturated heterocycles. The van der Waals surface area contributed by atoms with E-state index in [2.05, 4.69) is 28.5 Å². The monoisotopic (exact) mass is 497 g/mol. The van der Waals surface area contributed by atoms with Crippen molar-refractivity contribution in [1.82, 2.24) is 14.8 Å². The molecule has 2 atom stereocenters. The molecule has 1 aromatic carbocycles. The number of thioether (sulfide) groups is 1. The minimum absolute atomic E-state index is 0.166. The molecule has 0 radical (unpaired) electrons. The number of carbonyl (C=O) groups is 1. The molecular weight excluding hydrogens is 470 g/mol. The minimum Gasteiger partial charge on any atom is -0.497 e. The maximum atomic E-state index is 12.6. The van der Waals surface area contributed by atoms with Crippen LogP contribution < -0.4 is 14.8 Å². The number of rotatable bonds is 8. The van der Waals surface area contributed by atoms with Gasteiger partial charge in [0.25, 0.3) is 0 Å². The van der Waals surface area contributed by atoms with E-state index in [4.69, 9.17) is 9.47 Å². The Bertz CT molecular complexity index is 1210. The summed E-state index contributed by atoms with van der Waals surface area (Å²) in [6, 6.07) is 9.63. The normalized spacial score (nSPS) is 15.8. The largest absolute Gasteiger partial charge is 0.497 e. The number of nitrogens with one attached hydrogen (secondary N) is 1. The van der Waals surface area contributed by atoms with Gasteiger partial charge in [-0.1, -0.05) is 18.7 Å². The van der Waals surface area contributed by atoms with E-state index >= 15 is 0 Å². The summed E-state index contributed by atoms with van der Waals surface area (Å²) in [6.07, 6.45) is 2.63. The number of carbonyl (C=O) groups excluding carboxylic acids is 1. The molecule has 0 spiro atoms. The molecule has 2 aromatic heterocycles. The first-order valence-corrected chi connectivity index (χ1v) is 12.9. The van der Waals surface area contributed by atoms with E-state index in [1.165, 1.54) is 28.0 Å². The van der Waals surface area contributed by atoms with Gasteiger partial charge < -0.3 is 19.4 Å². The fourth-order valence-electron chi connectivity index (χ4n) is 3.97. The third-order valence-electron chi connectivity index (χ3n) is 5.81. The molecule has 34 heavy (non-hydrogen) atoms. The lowest BCUT2D eigenvalue weighted by Crippen LogP contribution is -2.15. The third-order valence-corrected chi connectivity index (χ3v) is 8.00. The molecule has 1 aliphatic carbocycles. The highest BCUT2D eigenvalue weighted by atomic mass is 32.2. The minimum atomic E-state index is -0.327. The summed E-state index contributed by atoms with van der Waals surface area (Å²) in [6.45, 7) is 4.12. The van der Waals surface area contributed by atoms with Crippen LogP contribution in [0, 0.1) is 17.2 Å². The molecule has 0 aliphatic heterocycles. The SMILES string of the molecule is COc1ccc(OC(C)c2nnc(SCC(=O)Nc3sc4c(c3C#N)CCC(C)C4)n2C)cc1. The number of amides is 1. The van der Waals surface area contributed by atoms with Gasteiger partial charge >= 0.3 is 0 Å². The molecule has 3 aromatic rings. The number of anilines is 1. The summed E-state index contributed by atoms with van der Waals surface area (Å²) in [5.41, 5.74) is 1.73. The van der Waals surface area contributed by atoms with Gasteiger partial charge in [0, 0.05) is 11.9 Å². The van der Waals surface area contributed by atoms with E-state index in [0.717, 1.165) is 30.6 Å². The van der Waals surface area contributed by atoms with Crippen molar-refractivity contribution in [2.45, 2.75) is 44.4 Å². The van der Waals surface area contributed by atoms with Crippen LogP contribution in [0.4, 0.5) is 5.00 Å². The van der Waals surface area contributed by atoms with Crippen LogP contribution in [0.1, 0.15) is 48.2 Å². The molecule has 178 valence electrons. The molecular formula is C24H27N5O3S2. The van der Waals surface area contributed by atoms with Crippen LogP contribution in [0.15, 0.2) is 29.4 Å². The van der Waals surface area contributed by atoms with Crippen molar-refractivity contribution in [2.24, 2.45) is 13.0 Å². The van der Waals surface area contributed by atoms with Gasteiger partial charge in [-0.2, -0.15) is 5.26 Å². The maximum absolute atomic E-state index is 12.6. The quantitative estimate of drug-likeness (QED) is 0.448. The molecule has 10 heteroatoms. The fraction of sp³-hybridized carbons (Fsp3) is 0.417. The zero-order valence-corrected chi connectivity index (χ0v) is 21.3. The first-order chi connectivity index (χ1) is 16.4. The fourth-order valence-corrected chi connectivity index (χ4v) is 6.06. The Morgan fingerprint density at radius 1 is 1.35 bits per heavy atom. The second kappa shape index (κ2) is 10.5. The van der Waals surface area contributed by atoms with Gasteiger partial charge in [-0.25, -0.2) is 0 Å². The van der Waals surface area contributed by atoms with Crippen LogP contribution >= 0.6 is 23.1 Å². The smallest absolute Gasteiger partial charge is 0.235 e. The van der Waals surface area contributed by atoms with Gasteiger partial charge in [-0.3, -0.25) is 4.79 Å². The van der Waals surface area contributed by atoms with Gasteiger partial charge in [0.2, 0.25) is 5.91 Å². The summed E-state index contributed by atoms with van der Waals surface area (Å²) in [5.74, 6) is 2.73. The molecule has 8 nitrogen and oxygen atoms in total. The van der Waals surface area contributed by atoms with E-state index in [1.807, 2.05) is 42.8 Å². The molecule has 2 heterocycles. The third kappa shape index (κ3) is 5.21. The molecule has 0 fully saturated rings. The standard InChI is InChI=1S/C24H27N5O3S2/c1-14-5-10-18-19(12-25)23(34-20(18)11-14)26-21(30)13-33-24-28-27-22(29(24)3)15(2)32-17-8-6-16(31-4)7-9-17/h6-9,14-15H,5,10-11,13H2,1-4H3,(H,26,30). The summed E-state index contributed by atoms with van der Waals surface area (Å²) in [7, 11) is 3.47. The number of ether oxygens (including phenoxy) is 2. The van der Waals surface area contributed by atoms with Crippen molar-refractivity contribution in [3.8, 4) is 17.6 Å². The van der Waals surface area contributed by atoms with Crippen molar-refractivity contribution in [3.05, 3.63) is 46.1 Å². The highest BCUT2D eigenvalue weighted by molar-refractivity contribution is 7.99. The predicted molar refractivity (Wildman–Crippen MR) is 133 cm³/mol. The second-order valence-electron chi connectivity index (χ2n) is 8.34. The summed E-state index contributed by atoms with van der Waals surface area (Å²) < 4.78 is 13.0. The summed E-state index contributed by atoms with van der Waals surface area (Å²) in [5, 5.41) is 22.3. The lowest BCUT2D eigenvalue weighted by molar-refractivity contribution is -0.113. The zero-order valence-electron chi connectivity index (χ0n) is 19.6. The number of hydrogen-bond donors (Lipinski definition) is 1. The van der Waals surface area contributed by atoms with Gasteiger partial charge in [-0.15, -0.1) is 21.5 Å². The molecule has 1 N–H and O–H groups in total. The number of benzene rings is 1. The van der Waals surface area contributed by atoms with Crippen LogP contribution in [-0.2, 0) is 24.7 Å². The van der Waals surface area contributed by atoms with Crippen LogP contribution in [-0.4, -0.2) is 33.5 Å². The Morgan fingerprint density at radius 3 is 2.79 bits per heavy atom. The van der Waals surface area contributed by atoms with Gasteiger partial charge in [-0.05, 0) is 61.9 Å². The van der Waals surface area contributed by atoms with E-state index in [0.29, 0.717) is 33.2 Å². The van der Waals surface area contributed by atoms with Gasteiger partial charge in [0.05, 0.1) is 18.4 Å². The van der Waals surface area contributed by atoms with Crippen molar-refractivity contribution in [3.63, 3.8) is 0 Å². The van der Waals surface area contributed by atoms with Crippen molar-refractivity contribution in [1.29, 1.82) is 5.26 Å². The number of nitriles is 1. The molecule has 0 saturated carbocycles. The molecule has 1 aliphatic rings. The highest BCUT2D eigenvalue weighted by Crippen LogP contribution is 2.39. The summed E-state index contributed by atoms with van der Waals surface area (Å²) >= 11 is 2.83. The number of thiophene rings is 1. The van der Waals surface area contributed by atoms with Gasteiger partial charge in [0.15, 0.2) is 17.1 Å². The second-order valence-corrected chi connectivity index (χ2v) is 10.4. The number of fused-ring (bicyclic) bond motifs is 1. The molecule has 1 amide bonds. The maximum Gasteiger partial charge on any atom is 0.235 e. The molecule has 2 unspecified atom stereocenters. The van der Waals surface area contributed by atoms with E-state index < -0.39 is 0 Å². The Labute approximate surface area is 207 Å². The highest BCUT2D eigenvalue weighted by Gasteiger charge is 2.25. The van der Waals surface area contributed by atoms with Crippen molar-refractivity contribution >= 4 is 34.0 Å². The van der Waals surface area contributed by atoms with Crippen LogP contribution in [0.5, 0.6) is 11.5 Å². The van der Waals surface area contributed by atoms with Gasteiger partial charge in [0.1, 0.15) is 22.6 Å². The topological polar surface area (TPSA) is 102 Å².